The van der Waals surface area contributed by atoms with E-state index in [2.05, 4.69) is 25.4 Å². The van der Waals surface area contributed by atoms with Gasteiger partial charge in [-0.25, -0.2) is 4.98 Å². The third-order valence-corrected chi connectivity index (χ3v) is 5.37. The van der Waals surface area contributed by atoms with Crippen molar-refractivity contribution in [3.63, 3.8) is 0 Å². The molecule has 0 unspecified atom stereocenters. The van der Waals surface area contributed by atoms with E-state index in [1.165, 1.54) is 5.01 Å². The largest absolute Gasteiger partial charge is 0.338 e. The van der Waals surface area contributed by atoms with Gasteiger partial charge in [-0.15, -0.1) is 11.3 Å². The number of thiazole rings is 1. The molecule has 0 N–H and O–H groups in total. The zero-order valence-corrected chi connectivity index (χ0v) is 14.4. The summed E-state index contributed by atoms with van der Waals surface area (Å²) < 4.78 is 5.21. The summed E-state index contributed by atoms with van der Waals surface area (Å²) in [6.45, 7) is 4.67. The lowest BCUT2D eigenvalue weighted by Crippen LogP contribution is -2.32. The average molecular weight is 341 g/mol. The van der Waals surface area contributed by atoms with E-state index in [4.69, 9.17) is 9.51 Å². The fourth-order valence-electron chi connectivity index (χ4n) is 3.06. The molecule has 4 heterocycles. The summed E-state index contributed by atoms with van der Waals surface area (Å²) in [4.78, 5) is 15.6. The predicted molar refractivity (Wildman–Crippen MR) is 91.6 cm³/mol. The number of hydrogen-bond donors (Lipinski definition) is 0. The molecule has 1 saturated heterocycles. The highest BCUT2D eigenvalue weighted by molar-refractivity contribution is 7.10. The van der Waals surface area contributed by atoms with Gasteiger partial charge >= 0.3 is 0 Å². The van der Waals surface area contributed by atoms with Gasteiger partial charge in [0.1, 0.15) is 0 Å². The molecule has 1 aliphatic rings. The summed E-state index contributed by atoms with van der Waals surface area (Å²) in [6, 6.07) is 4.02. The topological polar surface area (TPSA) is 67.9 Å². The number of rotatable bonds is 4. The Bertz CT molecular complexity index is 792. The van der Waals surface area contributed by atoms with E-state index in [9.17, 15) is 0 Å². The number of nitrogens with zero attached hydrogens (tertiary/aromatic N) is 5. The number of piperidine rings is 1. The van der Waals surface area contributed by atoms with Crippen molar-refractivity contribution >= 4 is 11.3 Å². The summed E-state index contributed by atoms with van der Waals surface area (Å²) >= 11 is 1.77. The van der Waals surface area contributed by atoms with Crippen molar-refractivity contribution in [1.82, 2.24) is 25.0 Å². The standard InChI is InChI=1S/C17H19N5OS/c1-12-19-16(23-21-12)10-22-8-4-14(5-9-22)17-20-15(11-24-17)13-2-6-18-7-3-13/h2-3,6-7,11,14H,4-5,8-10H2,1H3. The van der Waals surface area contributed by atoms with Gasteiger partial charge in [0.2, 0.25) is 5.89 Å². The number of pyridine rings is 1. The molecule has 1 aliphatic heterocycles. The van der Waals surface area contributed by atoms with E-state index in [-0.39, 0.29) is 0 Å². The second kappa shape index (κ2) is 6.78. The Kier molecular flexibility index (Phi) is 4.36. The molecule has 0 saturated carbocycles. The smallest absolute Gasteiger partial charge is 0.240 e. The summed E-state index contributed by atoms with van der Waals surface area (Å²) in [5, 5.41) is 7.25. The minimum Gasteiger partial charge on any atom is -0.338 e. The van der Waals surface area contributed by atoms with E-state index in [0.29, 0.717) is 17.6 Å². The zero-order valence-electron chi connectivity index (χ0n) is 13.6. The second-order valence-corrected chi connectivity index (χ2v) is 6.98. The molecule has 0 aromatic carbocycles. The highest BCUT2D eigenvalue weighted by Gasteiger charge is 2.24. The summed E-state index contributed by atoms with van der Waals surface area (Å²) in [7, 11) is 0. The van der Waals surface area contributed by atoms with Crippen LogP contribution in [-0.4, -0.2) is 38.1 Å². The maximum Gasteiger partial charge on any atom is 0.240 e. The first-order chi connectivity index (χ1) is 11.8. The molecule has 3 aromatic heterocycles. The van der Waals surface area contributed by atoms with E-state index in [1.807, 2.05) is 31.5 Å². The Balaban J connectivity index is 1.37. The minimum absolute atomic E-state index is 0.547. The summed E-state index contributed by atoms with van der Waals surface area (Å²) in [6.07, 6.45) is 5.87. The predicted octanol–water partition coefficient (Wildman–Crippen LogP) is 3.28. The average Bonchev–Trinajstić information content (AvgIpc) is 3.26. The number of likely N-dealkylation sites (tertiary alicyclic amines) is 1. The maximum atomic E-state index is 5.21. The molecule has 0 radical (unpaired) electrons. The minimum atomic E-state index is 0.547. The highest BCUT2D eigenvalue weighted by Crippen LogP contribution is 2.33. The Hall–Kier alpha value is -2.12. The molecule has 124 valence electrons. The van der Waals surface area contributed by atoms with Crippen LogP contribution in [0.5, 0.6) is 0 Å². The van der Waals surface area contributed by atoms with Gasteiger partial charge in [-0.05, 0) is 45.0 Å². The number of aromatic nitrogens is 4. The van der Waals surface area contributed by atoms with Crippen LogP contribution in [0.25, 0.3) is 11.3 Å². The summed E-state index contributed by atoms with van der Waals surface area (Å²) in [5.41, 5.74) is 2.19. The van der Waals surface area contributed by atoms with Crippen molar-refractivity contribution in [2.45, 2.75) is 32.2 Å². The van der Waals surface area contributed by atoms with E-state index >= 15 is 0 Å². The van der Waals surface area contributed by atoms with Gasteiger partial charge in [0.15, 0.2) is 5.82 Å². The maximum absolute atomic E-state index is 5.21. The Morgan fingerprint density at radius 2 is 2.00 bits per heavy atom. The lowest BCUT2D eigenvalue weighted by molar-refractivity contribution is 0.181. The van der Waals surface area contributed by atoms with Gasteiger partial charge in [0.25, 0.3) is 0 Å². The number of aryl methyl sites for hydroxylation is 1. The Morgan fingerprint density at radius 1 is 1.21 bits per heavy atom. The molecule has 0 amide bonds. The van der Waals surface area contributed by atoms with E-state index in [1.54, 1.807) is 11.3 Å². The third-order valence-electron chi connectivity index (χ3n) is 4.36. The van der Waals surface area contributed by atoms with Crippen molar-refractivity contribution in [3.8, 4) is 11.3 Å². The van der Waals surface area contributed by atoms with Crippen molar-refractivity contribution in [3.05, 3.63) is 46.6 Å². The van der Waals surface area contributed by atoms with Gasteiger partial charge in [0, 0.05) is 29.3 Å². The van der Waals surface area contributed by atoms with Crippen LogP contribution in [0, 0.1) is 6.92 Å². The molecular formula is C17H19N5OS. The quantitative estimate of drug-likeness (QED) is 0.725. The van der Waals surface area contributed by atoms with Gasteiger partial charge in [-0.2, -0.15) is 4.98 Å². The Morgan fingerprint density at radius 3 is 2.71 bits per heavy atom. The van der Waals surface area contributed by atoms with Crippen LogP contribution in [0.15, 0.2) is 34.4 Å². The molecule has 24 heavy (non-hydrogen) atoms. The normalized spacial score (nSPS) is 16.5. The van der Waals surface area contributed by atoms with Crippen LogP contribution >= 0.6 is 11.3 Å². The molecule has 6 nitrogen and oxygen atoms in total. The molecule has 0 bridgehead atoms. The van der Waals surface area contributed by atoms with Crippen LogP contribution in [0.2, 0.25) is 0 Å². The number of hydrogen-bond acceptors (Lipinski definition) is 7. The molecule has 0 atom stereocenters. The van der Waals surface area contributed by atoms with E-state index < -0.39 is 0 Å². The van der Waals surface area contributed by atoms with Crippen molar-refractivity contribution in [1.29, 1.82) is 0 Å². The SMILES string of the molecule is Cc1noc(CN2CCC(c3nc(-c4ccncc4)cs3)CC2)n1. The van der Waals surface area contributed by atoms with Crippen molar-refractivity contribution in [2.24, 2.45) is 0 Å². The molecule has 7 heteroatoms. The molecule has 3 aromatic rings. The molecular weight excluding hydrogens is 322 g/mol. The molecule has 1 fully saturated rings. The monoisotopic (exact) mass is 341 g/mol. The van der Waals surface area contributed by atoms with Crippen LogP contribution in [0.3, 0.4) is 0 Å². The first-order valence-corrected chi connectivity index (χ1v) is 9.03. The fourth-order valence-corrected chi connectivity index (χ4v) is 4.06. The van der Waals surface area contributed by atoms with Crippen molar-refractivity contribution in [2.75, 3.05) is 13.1 Å². The first-order valence-electron chi connectivity index (χ1n) is 8.15. The van der Waals surface area contributed by atoms with Crippen LogP contribution in [0.4, 0.5) is 0 Å². The van der Waals surface area contributed by atoms with Gasteiger partial charge in [-0.3, -0.25) is 9.88 Å². The molecule has 4 rings (SSSR count). The van der Waals surface area contributed by atoms with Crippen LogP contribution in [-0.2, 0) is 6.54 Å². The molecule has 0 spiro atoms. The van der Waals surface area contributed by atoms with Gasteiger partial charge in [-0.1, -0.05) is 5.16 Å². The fraction of sp³-hybridized carbons (Fsp3) is 0.412. The molecule has 0 aliphatic carbocycles. The zero-order chi connectivity index (χ0) is 16.4. The first kappa shape index (κ1) is 15.4. The highest BCUT2D eigenvalue weighted by atomic mass is 32.1. The van der Waals surface area contributed by atoms with Crippen LogP contribution < -0.4 is 0 Å². The second-order valence-electron chi connectivity index (χ2n) is 6.09. The van der Waals surface area contributed by atoms with Gasteiger partial charge < -0.3 is 4.52 Å². The van der Waals surface area contributed by atoms with Crippen molar-refractivity contribution < 1.29 is 4.52 Å². The third kappa shape index (κ3) is 3.37. The lowest BCUT2D eigenvalue weighted by Gasteiger charge is -2.29. The van der Waals surface area contributed by atoms with Gasteiger partial charge in [0.05, 0.1) is 17.2 Å². The van der Waals surface area contributed by atoms with Crippen LogP contribution in [0.1, 0.15) is 35.5 Å². The Labute approximate surface area is 144 Å². The van der Waals surface area contributed by atoms with E-state index in [0.717, 1.165) is 43.7 Å². The lowest BCUT2D eigenvalue weighted by atomic mass is 9.97. The summed E-state index contributed by atoms with van der Waals surface area (Å²) in [5.74, 6) is 1.96.